The molecule has 104 valence electrons. The van der Waals surface area contributed by atoms with Crippen molar-refractivity contribution in [2.24, 2.45) is 0 Å². The molecule has 8 heteroatoms. The minimum atomic E-state index is -1.39. The number of thioether (sulfide) groups is 1. The first kappa shape index (κ1) is 14.5. The average Bonchev–Trinajstić information content (AvgIpc) is 2.42. The van der Waals surface area contributed by atoms with E-state index in [-0.39, 0.29) is 0 Å². The van der Waals surface area contributed by atoms with Gasteiger partial charge < -0.3 is 5.11 Å². The maximum atomic E-state index is 11.5. The van der Waals surface area contributed by atoms with E-state index in [2.05, 4.69) is 10.1 Å². The molecule has 0 saturated carbocycles. The van der Waals surface area contributed by atoms with Crippen LogP contribution in [0.5, 0.6) is 0 Å². The SMILES string of the molecule is CSc1nc(=O)c(C(=O)O)nn1Cc1ccc(Cl)cc1. The van der Waals surface area contributed by atoms with Gasteiger partial charge in [-0.2, -0.15) is 10.1 Å². The van der Waals surface area contributed by atoms with Gasteiger partial charge in [0.15, 0.2) is 5.16 Å². The number of carbonyl (C=O) groups is 1. The van der Waals surface area contributed by atoms with Crippen LogP contribution in [0.3, 0.4) is 0 Å². The quantitative estimate of drug-likeness (QED) is 0.866. The number of carboxylic acid groups (broad SMARTS) is 1. The maximum absolute atomic E-state index is 11.5. The lowest BCUT2D eigenvalue weighted by molar-refractivity contribution is 0.0684. The summed E-state index contributed by atoms with van der Waals surface area (Å²) in [5.74, 6) is -1.39. The molecule has 0 radical (unpaired) electrons. The molecule has 1 aromatic heterocycles. The lowest BCUT2D eigenvalue weighted by Crippen LogP contribution is -2.26. The lowest BCUT2D eigenvalue weighted by Gasteiger charge is -2.10. The van der Waals surface area contributed by atoms with Gasteiger partial charge in [0, 0.05) is 5.02 Å². The van der Waals surface area contributed by atoms with Crippen LogP contribution in [0.25, 0.3) is 0 Å². The number of halogens is 1. The molecular formula is C12H10ClN3O3S. The Bertz CT molecular complexity index is 700. The molecule has 1 heterocycles. The second-order valence-electron chi connectivity index (χ2n) is 3.84. The third kappa shape index (κ3) is 3.17. The van der Waals surface area contributed by atoms with E-state index in [0.717, 1.165) is 5.56 Å². The highest BCUT2D eigenvalue weighted by Gasteiger charge is 2.15. The molecule has 6 nitrogen and oxygen atoms in total. The second kappa shape index (κ2) is 6.06. The molecule has 0 unspecified atom stereocenters. The van der Waals surface area contributed by atoms with Crippen molar-refractivity contribution >= 4 is 29.3 Å². The molecule has 2 rings (SSSR count). The van der Waals surface area contributed by atoms with Gasteiger partial charge in [-0.05, 0) is 24.0 Å². The molecular weight excluding hydrogens is 302 g/mol. The molecule has 20 heavy (non-hydrogen) atoms. The zero-order valence-corrected chi connectivity index (χ0v) is 12.0. The van der Waals surface area contributed by atoms with Crippen molar-refractivity contribution in [1.82, 2.24) is 14.8 Å². The van der Waals surface area contributed by atoms with Crippen molar-refractivity contribution in [3.63, 3.8) is 0 Å². The molecule has 0 aliphatic carbocycles. The highest BCUT2D eigenvalue weighted by atomic mass is 35.5. The Morgan fingerprint density at radius 3 is 2.60 bits per heavy atom. The Balaban J connectivity index is 2.44. The van der Waals surface area contributed by atoms with Crippen molar-refractivity contribution < 1.29 is 9.90 Å². The van der Waals surface area contributed by atoms with E-state index in [4.69, 9.17) is 16.7 Å². The van der Waals surface area contributed by atoms with E-state index in [1.165, 1.54) is 16.4 Å². The van der Waals surface area contributed by atoms with Crippen LogP contribution < -0.4 is 5.56 Å². The summed E-state index contributed by atoms with van der Waals surface area (Å²) < 4.78 is 1.39. The van der Waals surface area contributed by atoms with Gasteiger partial charge in [-0.25, -0.2) is 9.48 Å². The van der Waals surface area contributed by atoms with Crippen molar-refractivity contribution in [3.8, 4) is 0 Å². The largest absolute Gasteiger partial charge is 0.476 e. The van der Waals surface area contributed by atoms with Crippen LogP contribution in [0.2, 0.25) is 5.02 Å². The molecule has 0 saturated heterocycles. The van der Waals surface area contributed by atoms with E-state index >= 15 is 0 Å². The van der Waals surface area contributed by atoms with Crippen LogP contribution in [-0.4, -0.2) is 32.1 Å². The van der Waals surface area contributed by atoms with Gasteiger partial charge in [-0.15, -0.1) is 0 Å². The summed E-state index contributed by atoms with van der Waals surface area (Å²) in [4.78, 5) is 26.1. The van der Waals surface area contributed by atoms with Crippen LogP contribution >= 0.6 is 23.4 Å². The number of aromatic nitrogens is 3. The summed E-state index contributed by atoms with van der Waals surface area (Å²) in [5.41, 5.74) is -0.551. The Morgan fingerprint density at radius 2 is 2.05 bits per heavy atom. The van der Waals surface area contributed by atoms with Crippen molar-refractivity contribution in [1.29, 1.82) is 0 Å². The summed E-state index contributed by atoms with van der Waals surface area (Å²) in [5, 5.41) is 13.7. The lowest BCUT2D eigenvalue weighted by atomic mass is 10.2. The van der Waals surface area contributed by atoms with Crippen LogP contribution in [0.1, 0.15) is 16.1 Å². The molecule has 0 aliphatic rings. The summed E-state index contributed by atoms with van der Waals surface area (Å²) in [6, 6.07) is 7.05. The molecule has 1 aromatic carbocycles. The second-order valence-corrected chi connectivity index (χ2v) is 5.05. The molecule has 0 atom stereocenters. The Labute approximate surface area is 123 Å². The maximum Gasteiger partial charge on any atom is 0.362 e. The number of carboxylic acids is 1. The molecule has 0 spiro atoms. The topological polar surface area (TPSA) is 85.1 Å². The zero-order valence-electron chi connectivity index (χ0n) is 10.4. The number of benzene rings is 1. The van der Waals surface area contributed by atoms with Gasteiger partial charge in [0.05, 0.1) is 6.54 Å². The first-order valence-corrected chi connectivity index (χ1v) is 7.12. The van der Waals surface area contributed by atoms with Gasteiger partial charge >= 0.3 is 11.5 Å². The Hall–Kier alpha value is -1.86. The van der Waals surface area contributed by atoms with Crippen LogP contribution in [0.4, 0.5) is 0 Å². The van der Waals surface area contributed by atoms with Gasteiger partial charge in [0.25, 0.3) is 0 Å². The average molecular weight is 312 g/mol. The summed E-state index contributed by atoms with van der Waals surface area (Å²) >= 11 is 7.03. The number of hydrogen-bond acceptors (Lipinski definition) is 5. The molecule has 1 N–H and O–H groups in total. The number of nitrogens with zero attached hydrogens (tertiary/aromatic N) is 3. The standard InChI is InChI=1S/C12H10ClN3O3S/c1-20-12-14-10(17)9(11(18)19)15-16(12)6-7-2-4-8(13)5-3-7/h2-5H,6H2,1H3,(H,18,19). The summed E-state index contributed by atoms with van der Waals surface area (Å²) in [7, 11) is 0. The minimum absolute atomic E-state index is 0.306. The molecule has 0 aliphatic heterocycles. The van der Waals surface area contributed by atoms with Gasteiger partial charge in [-0.3, -0.25) is 4.79 Å². The monoisotopic (exact) mass is 311 g/mol. The number of hydrogen-bond donors (Lipinski definition) is 1. The Kier molecular flexibility index (Phi) is 4.41. The highest BCUT2D eigenvalue weighted by molar-refractivity contribution is 7.98. The van der Waals surface area contributed by atoms with Crippen LogP contribution in [0.15, 0.2) is 34.2 Å². The number of rotatable bonds is 4. The summed E-state index contributed by atoms with van der Waals surface area (Å²) in [6.45, 7) is 0.306. The first-order valence-electron chi connectivity index (χ1n) is 5.52. The fourth-order valence-corrected chi connectivity index (χ4v) is 2.17. The predicted octanol–water partition coefficient (Wildman–Crippen LogP) is 1.76. The normalized spacial score (nSPS) is 10.5. The summed E-state index contributed by atoms with van der Waals surface area (Å²) in [6.07, 6.45) is 1.74. The van der Waals surface area contributed by atoms with Crippen LogP contribution in [0, 0.1) is 0 Å². The number of aromatic carboxylic acids is 1. The molecule has 0 bridgehead atoms. The van der Waals surface area contributed by atoms with E-state index in [1.54, 1.807) is 30.5 Å². The molecule has 2 aromatic rings. The fraction of sp³-hybridized carbons (Fsp3) is 0.167. The molecule has 0 amide bonds. The van der Waals surface area contributed by atoms with Gasteiger partial charge in [-0.1, -0.05) is 35.5 Å². The molecule has 0 fully saturated rings. The minimum Gasteiger partial charge on any atom is -0.476 e. The van der Waals surface area contributed by atoms with E-state index in [1.807, 2.05) is 0 Å². The Morgan fingerprint density at radius 1 is 1.40 bits per heavy atom. The van der Waals surface area contributed by atoms with E-state index in [0.29, 0.717) is 16.7 Å². The first-order chi connectivity index (χ1) is 9.51. The zero-order chi connectivity index (χ0) is 14.7. The van der Waals surface area contributed by atoms with E-state index in [9.17, 15) is 9.59 Å². The third-order valence-corrected chi connectivity index (χ3v) is 3.39. The van der Waals surface area contributed by atoms with Crippen molar-refractivity contribution in [2.75, 3.05) is 6.26 Å². The van der Waals surface area contributed by atoms with E-state index < -0.39 is 17.2 Å². The third-order valence-electron chi connectivity index (χ3n) is 2.47. The smallest absolute Gasteiger partial charge is 0.362 e. The van der Waals surface area contributed by atoms with Crippen LogP contribution in [-0.2, 0) is 6.54 Å². The highest BCUT2D eigenvalue weighted by Crippen LogP contribution is 2.14. The predicted molar refractivity (Wildman–Crippen MR) is 75.6 cm³/mol. The van der Waals surface area contributed by atoms with Crippen molar-refractivity contribution in [3.05, 3.63) is 50.9 Å². The van der Waals surface area contributed by atoms with Gasteiger partial charge in [0.1, 0.15) is 0 Å². The van der Waals surface area contributed by atoms with Gasteiger partial charge in [0.2, 0.25) is 5.69 Å². The van der Waals surface area contributed by atoms with Crippen molar-refractivity contribution in [2.45, 2.75) is 11.7 Å². The fourth-order valence-electron chi connectivity index (χ4n) is 1.55.